The smallest absolute Gasteiger partial charge is 0.256 e. The molecule has 3 aromatic heterocycles. The van der Waals surface area contributed by atoms with E-state index >= 15 is 0 Å². The third-order valence-corrected chi connectivity index (χ3v) is 4.32. The van der Waals surface area contributed by atoms with Gasteiger partial charge in [-0.15, -0.1) is 0 Å². The number of methoxy groups -OCH3 is 1. The van der Waals surface area contributed by atoms with Gasteiger partial charge in [-0.25, -0.2) is 9.50 Å². The van der Waals surface area contributed by atoms with Crippen molar-refractivity contribution in [2.75, 3.05) is 25.5 Å². The second-order valence-electron chi connectivity index (χ2n) is 6.00. The molecule has 130 valence electrons. The number of nitrogens with one attached hydrogen (secondary N) is 2. The maximum atomic E-state index is 14.6. The Morgan fingerprint density at radius 2 is 2.28 bits per heavy atom. The van der Waals surface area contributed by atoms with E-state index in [1.165, 1.54) is 7.11 Å². The molecule has 0 aliphatic carbocycles. The predicted octanol–water partition coefficient (Wildman–Crippen LogP) is 2.10. The van der Waals surface area contributed by atoms with Gasteiger partial charge in [0.2, 0.25) is 5.82 Å². The average Bonchev–Trinajstić information content (AvgIpc) is 3.08. The standard InChI is InChI=1S/C17H19FN6O/c1-25-17-14(18)16(21-11-5-4-7-19-9-11)22-15(23-17)12-10-20-24-8-3-2-6-13(12)24/h2-3,6,8,10-11,19H,4-5,7,9H2,1H3,(H,21,22,23). The Morgan fingerprint density at radius 3 is 3.08 bits per heavy atom. The lowest BCUT2D eigenvalue weighted by atomic mass is 10.1. The summed E-state index contributed by atoms with van der Waals surface area (Å²) < 4.78 is 21.5. The molecule has 3 aromatic rings. The summed E-state index contributed by atoms with van der Waals surface area (Å²) in [6, 6.07) is 5.84. The van der Waals surface area contributed by atoms with E-state index in [1.807, 2.05) is 24.4 Å². The molecule has 1 unspecified atom stereocenters. The number of ether oxygens (including phenoxy) is 1. The number of piperidine rings is 1. The van der Waals surface area contributed by atoms with E-state index in [9.17, 15) is 4.39 Å². The summed E-state index contributed by atoms with van der Waals surface area (Å²) in [5, 5.41) is 10.8. The van der Waals surface area contributed by atoms with Crippen molar-refractivity contribution in [3.05, 3.63) is 36.4 Å². The molecular weight excluding hydrogens is 323 g/mol. The molecule has 4 heterocycles. The molecule has 8 heteroatoms. The fraction of sp³-hybridized carbons (Fsp3) is 0.353. The van der Waals surface area contributed by atoms with Gasteiger partial charge in [-0.1, -0.05) is 6.07 Å². The van der Waals surface area contributed by atoms with Crippen LogP contribution in [0.1, 0.15) is 12.8 Å². The SMILES string of the molecule is COc1nc(-c2cnn3ccccc23)nc(NC2CCCNC2)c1F. The molecule has 1 atom stereocenters. The van der Waals surface area contributed by atoms with Crippen LogP contribution in [0, 0.1) is 5.82 Å². The highest BCUT2D eigenvalue weighted by Crippen LogP contribution is 2.28. The van der Waals surface area contributed by atoms with Crippen molar-refractivity contribution < 1.29 is 9.13 Å². The molecule has 1 aliphatic heterocycles. The summed E-state index contributed by atoms with van der Waals surface area (Å²) in [4.78, 5) is 8.63. The maximum Gasteiger partial charge on any atom is 0.256 e. The molecule has 0 spiro atoms. The van der Waals surface area contributed by atoms with Crippen LogP contribution in [0.4, 0.5) is 10.2 Å². The number of nitrogens with zero attached hydrogens (tertiary/aromatic N) is 4. The monoisotopic (exact) mass is 342 g/mol. The second kappa shape index (κ2) is 6.64. The molecule has 0 bridgehead atoms. The van der Waals surface area contributed by atoms with Crippen molar-refractivity contribution in [3.8, 4) is 17.3 Å². The van der Waals surface area contributed by atoms with Gasteiger partial charge in [0, 0.05) is 18.8 Å². The second-order valence-corrected chi connectivity index (χ2v) is 6.00. The highest BCUT2D eigenvalue weighted by molar-refractivity contribution is 5.76. The van der Waals surface area contributed by atoms with Crippen LogP contribution < -0.4 is 15.4 Å². The normalized spacial score (nSPS) is 17.6. The Hall–Kier alpha value is -2.74. The molecule has 7 nitrogen and oxygen atoms in total. The number of hydrogen-bond acceptors (Lipinski definition) is 6. The number of rotatable bonds is 4. The van der Waals surface area contributed by atoms with Gasteiger partial charge in [0.25, 0.3) is 5.88 Å². The van der Waals surface area contributed by atoms with E-state index in [4.69, 9.17) is 4.74 Å². The molecule has 0 amide bonds. The minimum Gasteiger partial charge on any atom is -0.479 e. The molecule has 4 rings (SSSR count). The highest BCUT2D eigenvalue weighted by Gasteiger charge is 2.21. The lowest BCUT2D eigenvalue weighted by molar-refractivity contribution is 0.368. The van der Waals surface area contributed by atoms with Crippen molar-refractivity contribution in [1.29, 1.82) is 0 Å². The van der Waals surface area contributed by atoms with Gasteiger partial charge in [-0.2, -0.15) is 14.5 Å². The molecule has 1 fully saturated rings. The van der Waals surface area contributed by atoms with Gasteiger partial charge < -0.3 is 15.4 Å². The first-order valence-electron chi connectivity index (χ1n) is 8.28. The summed E-state index contributed by atoms with van der Waals surface area (Å²) in [5.74, 6) is -0.114. The van der Waals surface area contributed by atoms with E-state index in [1.54, 1.807) is 10.7 Å². The first-order chi connectivity index (χ1) is 12.3. The minimum absolute atomic E-state index is 0.0773. The van der Waals surface area contributed by atoms with Crippen molar-refractivity contribution >= 4 is 11.3 Å². The van der Waals surface area contributed by atoms with Crippen LogP contribution in [0.2, 0.25) is 0 Å². The van der Waals surface area contributed by atoms with E-state index in [-0.39, 0.29) is 17.7 Å². The van der Waals surface area contributed by atoms with Crippen molar-refractivity contribution in [1.82, 2.24) is 24.9 Å². The zero-order chi connectivity index (χ0) is 17.2. The van der Waals surface area contributed by atoms with Crippen molar-refractivity contribution in [2.45, 2.75) is 18.9 Å². The van der Waals surface area contributed by atoms with Crippen molar-refractivity contribution in [3.63, 3.8) is 0 Å². The van der Waals surface area contributed by atoms with Crippen LogP contribution in [0.25, 0.3) is 16.9 Å². The zero-order valence-corrected chi connectivity index (χ0v) is 13.9. The first-order valence-corrected chi connectivity index (χ1v) is 8.28. The van der Waals surface area contributed by atoms with Crippen LogP contribution >= 0.6 is 0 Å². The van der Waals surface area contributed by atoms with Crippen LogP contribution in [0.15, 0.2) is 30.6 Å². The van der Waals surface area contributed by atoms with Crippen LogP contribution in [-0.4, -0.2) is 45.8 Å². The maximum absolute atomic E-state index is 14.6. The Labute approximate surface area is 144 Å². The Balaban J connectivity index is 1.76. The topological polar surface area (TPSA) is 76.4 Å². The summed E-state index contributed by atoms with van der Waals surface area (Å²) >= 11 is 0. The molecule has 2 N–H and O–H groups in total. The molecule has 0 aromatic carbocycles. The lowest BCUT2D eigenvalue weighted by Gasteiger charge is -2.24. The number of anilines is 1. The molecule has 0 saturated carbocycles. The summed E-state index contributed by atoms with van der Waals surface area (Å²) in [7, 11) is 1.40. The summed E-state index contributed by atoms with van der Waals surface area (Å²) in [6.07, 6.45) is 5.52. The Kier molecular flexibility index (Phi) is 4.19. The van der Waals surface area contributed by atoms with E-state index < -0.39 is 5.82 Å². The number of aromatic nitrogens is 4. The van der Waals surface area contributed by atoms with E-state index in [0.29, 0.717) is 5.82 Å². The fourth-order valence-corrected chi connectivity index (χ4v) is 3.05. The van der Waals surface area contributed by atoms with Gasteiger partial charge in [0.15, 0.2) is 11.6 Å². The van der Waals surface area contributed by atoms with Crippen LogP contribution in [0.5, 0.6) is 5.88 Å². The zero-order valence-electron chi connectivity index (χ0n) is 13.9. The quantitative estimate of drug-likeness (QED) is 0.756. The van der Waals surface area contributed by atoms with Crippen LogP contribution in [0.3, 0.4) is 0 Å². The van der Waals surface area contributed by atoms with E-state index in [2.05, 4.69) is 25.7 Å². The summed E-state index contributed by atoms with van der Waals surface area (Å²) in [6.45, 7) is 1.76. The molecule has 25 heavy (non-hydrogen) atoms. The lowest BCUT2D eigenvalue weighted by Crippen LogP contribution is -2.38. The third-order valence-electron chi connectivity index (χ3n) is 4.32. The van der Waals surface area contributed by atoms with E-state index in [0.717, 1.165) is 37.0 Å². The largest absolute Gasteiger partial charge is 0.479 e. The molecule has 1 saturated heterocycles. The Bertz CT molecular complexity index is 890. The van der Waals surface area contributed by atoms with Crippen molar-refractivity contribution in [2.24, 2.45) is 0 Å². The first kappa shape index (κ1) is 15.8. The number of hydrogen-bond donors (Lipinski definition) is 2. The van der Waals surface area contributed by atoms with Gasteiger partial charge in [0.1, 0.15) is 0 Å². The van der Waals surface area contributed by atoms with Gasteiger partial charge in [-0.05, 0) is 31.5 Å². The third kappa shape index (κ3) is 3.00. The minimum atomic E-state index is -0.576. The highest BCUT2D eigenvalue weighted by atomic mass is 19.1. The Morgan fingerprint density at radius 1 is 1.36 bits per heavy atom. The molecule has 0 radical (unpaired) electrons. The number of halogens is 1. The fourth-order valence-electron chi connectivity index (χ4n) is 3.05. The number of pyridine rings is 1. The summed E-state index contributed by atoms with van der Waals surface area (Å²) in [5.41, 5.74) is 1.57. The van der Waals surface area contributed by atoms with Gasteiger partial charge >= 0.3 is 0 Å². The average molecular weight is 342 g/mol. The predicted molar refractivity (Wildman–Crippen MR) is 92.2 cm³/mol. The molecular formula is C17H19FN6O. The molecule has 1 aliphatic rings. The number of fused-ring (bicyclic) bond motifs is 1. The van der Waals surface area contributed by atoms with Gasteiger partial charge in [-0.3, -0.25) is 0 Å². The van der Waals surface area contributed by atoms with Gasteiger partial charge in [0.05, 0.1) is 24.4 Å². The van der Waals surface area contributed by atoms with Crippen LogP contribution in [-0.2, 0) is 0 Å².